The first-order chi connectivity index (χ1) is 9.20. The van der Waals surface area contributed by atoms with E-state index in [1.165, 1.54) is 0 Å². The van der Waals surface area contributed by atoms with Gasteiger partial charge in [0.1, 0.15) is 5.65 Å². The average Bonchev–Trinajstić information content (AvgIpc) is 2.85. The van der Waals surface area contributed by atoms with Crippen LogP contribution in [0, 0.1) is 25.2 Å². The van der Waals surface area contributed by atoms with Gasteiger partial charge in [0.05, 0.1) is 11.6 Å². The van der Waals surface area contributed by atoms with Gasteiger partial charge in [0.2, 0.25) is 0 Å². The molecule has 0 saturated carbocycles. The molecule has 0 amide bonds. The van der Waals surface area contributed by atoms with E-state index in [2.05, 4.69) is 17.1 Å². The van der Waals surface area contributed by atoms with E-state index in [4.69, 9.17) is 0 Å². The minimum atomic E-state index is 0.690. The average molecular weight is 247 g/mol. The molecule has 2 aromatic heterocycles. The first-order valence-electron chi connectivity index (χ1n) is 6.14. The summed E-state index contributed by atoms with van der Waals surface area (Å²) in [7, 11) is 0. The molecule has 0 aliphatic heterocycles. The predicted octanol–water partition coefficient (Wildman–Crippen LogP) is 3.49. The van der Waals surface area contributed by atoms with Gasteiger partial charge in [0.15, 0.2) is 0 Å². The molecule has 1 aromatic carbocycles. The van der Waals surface area contributed by atoms with Crippen LogP contribution in [0.2, 0.25) is 0 Å². The lowest BCUT2D eigenvalue weighted by molar-refractivity contribution is 1.16. The van der Waals surface area contributed by atoms with Crippen molar-refractivity contribution in [3.8, 4) is 17.2 Å². The Morgan fingerprint density at radius 3 is 2.89 bits per heavy atom. The van der Waals surface area contributed by atoms with Gasteiger partial charge >= 0.3 is 0 Å². The van der Waals surface area contributed by atoms with Crippen LogP contribution in [0.4, 0.5) is 0 Å². The maximum Gasteiger partial charge on any atom is 0.144 e. The van der Waals surface area contributed by atoms with Crippen LogP contribution in [0.1, 0.15) is 16.7 Å². The molecular formula is C16H13N3. The van der Waals surface area contributed by atoms with Crippen LogP contribution in [0.5, 0.6) is 0 Å². The number of hydrogen-bond donors (Lipinski definition) is 0. The molecule has 0 aliphatic carbocycles. The lowest BCUT2D eigenvalue weighted by Crippen LogP contribution is -1.94. The topological polar surface area (TPSA) is 41.1 Å². The molecule has 3 aromatic rings. The second kappa shape index (κ2) is 4.25. The van der Waals surface area contributed by atoms with E-state index in [1.54, 1.807) is 6.20 Å². The Morgan fingerprint density at radius 1 is 1.26 bits per heavy atom. The van der Waals surface area contributed by atoms with Crippen molar-refractivity contribution >= 4 is 5.65 Å². The zero-order chi connectivity index (χ0) is 13.4. The van der Waals surface area contributed by atoms with Gasteiger partial charge in [-0.05, 0) is 37.1 Å². The molecule has 3 heteroatoms. The minimum Gasteiger partial charge on any atom is -0.306 e. The number of nitrogens with zero attached hydrogens (tertiary/aromatic N) is 3. The quantitative estimate of drug-likeness (QED) is 0.660. The normalized spacial score (nSPS) is 10.6. The van der Waals surface area contributed by atoms with Crippen LogP contribution >= 0.6 is 0 Å². The highest BCUT2D eigenvalue weighted by molar-refractivity contribution is 5.83. The number of pyridine rings is 1. The summed E-state index contributed by atoms with van der Waals surface area (Å²) in [5.74, 6) is 0. The van der Waals surface area contributed by atoms with E-state index in [9.17, 15) is 5.26 Å². The van der Waals surface area contributed by atoms with Crippen molar-refractivity contribution in [2.24, 2.45) is 0 Å². The van der Waals surface area contributed by atoms with E-state index >= 15 is 0 Å². The highest BCUT2D eigenvalue weighted by Crippen LogP contribution is 2.30. The molecule has 2 heterocycles. The van der Waals surface area contributed by atoms with E-state index in [0.29, 0.717) is 5.56 Å². The molecule has 0 aliphatic rings. The standard InChI is InChI=1S/C16H13N3/c1-11-8-14(16-18-6-7-19(16)10-11)15-12(2)4-3-5-13(15)9-17/h3-8,10H,1-2H3. The molecule has 0 atom stereocenters. The molecule has 3 rings (SSSR count). The molecule has 0 fully saturated rings. The van der Waals surface area contributed by atoms with Gasteiger partial charge in [-0.15, -0.1) is 0 Å². The zero-order valence-corrected chi connectivity index (χ0v) is 10.9. The lowest BCUT2D eigenvalue weighted by atomic mass is 9.95. The van der Waals surface area contributed by atoms with Gasteiger partial charge in [0.25, 0.3) is 0 Å². The summed E-state index contributed by atoms with van der Waals surface area (Å²) < 4.78 is 2.00. The summed E-state index contributed by atoms with van der Waals surface area (Å²) in [6.45, 7) is 4.07. The monoisotopic (exact) mass is 247 g/mol. The summed E-state index contributed by atoms with van der Waals surface area (Å²) >= 11 is 0. The fraction of sp³-hybridized carbons (Fsp3) is 0.125. The SMILES string of the molecule is Cc1cc(-c2c(C)cccc2C#N)c2nccn2c1. The fourth-order valence-corrected chi connectivity index (χ4v) is 2.48. The van der Waals surface area contributed by atoms with Crippen LogP contribution < -0.4 is 0 Å². The van der Waals surface area contributed by atoms with Gasteiger partial charge in [-0.3, -0.25) is 0 Å². The van der Waals surface area contributed by atoms with Crippen LogP contribution in [0.3, 0.4) is 0 Å². The smallest absolute Gasteiger partial charge is 0.144 e. The molecule has 3 nitrogen and oxygen atoms in total. The predicted molar refractivity (Wildman–Crippen MR) is 74.8 cm³/mol. The Hall–Kier alpha value is -2.60. The second-order valence-electron chi connectivity index (χ2n) is 4.70. The van der Waals surface area contributed by atoms with Gasteiger partial charge in [0, 0.05) is 29.7 Å². The molecule has 19 heavy (non-hydrogen) atoms. The first-order valence-corrected chi connectivity index (χ1v) is 6.14. The van der Waals surface area contributed by atoms with E-state index in [1.807, 2.05) is 48.8 Å². The zero-order valence-electron chi connectivity index (χ0n) is 10.9. The summed E-state index contributed by atoms with van der Waals surface area (Å²) in [4.78, 5) is 4.41. The molecule has 0 radical (unpaired) electrons. The minimum absolute atomic E-state index is 0.690. The molecule has 0 spiro atoms. The number of fused-ring (bicyclic) bond motifs is 1. The number of imidazole rings is 1. The Balaban J connectivity index is 2.43. The highest BCUT2D eigenvalue weighted by Gasteiger charge is 2.13. The molecule has 0 unspecified atom stereocenters. The largest absolute Gasteiger partial charge is 0.306 e. The van der Waals surface area contributed by atoms with Crippen LogP contribution in [-0.2, 0) is 0 Å². The third-order valence-electron chi connectivity index (χ3n) is 3.29. The van der Waals surface area contributed by atoms with E-state index < -0.39 is 0 Å². The van der Waals surface area contributed by atoms with Gasteiger partial charge < -0.3 is 4.40 Å². The van der Waals surface area contributed by atoms with Gasteiger partial charge in [-0.2, -0.15) is 5.26 Å². The van der Waals surface area contributed by atoms with Crippen molar-refractivity contribution in [2.75, 3.05) is 0 Å². The van der Waals surface area contributed by atoms with Crippen molar-refractivity contribution in [1.82, 2.24) is 9.38 Å². The van der Waals surface area contributed by atoms with Gasteiger partial charge in [-0.1, -0.05) is 12.1 Å². The molecule has 0 N–H and O–H groups in total. The maximum absolute atomic E-state index is 9.32. The third-order valence-corrected chi connectivity index (χ3v) is 3.29. The molecular weight excluding hydrogens is 234 g/mol. The number of aromatic nitrogens is 2. The summed E-state index contributed by atoms with van der Waals surface area (Å²) in [6.07, 6.45) is 5.74. The second-order valence-corrected chi connectivity index (χ2v) is 4.70. The Kier molecular flexibility index (Phi) is 2.57. The summed E-state index contributed by atoms with van der Waals surface area (Å²) in [5.41, 5.74) is 5.80. The highest BCUT2D eigenvalue weighted by atomic mass is 15.0. The number of hydrogen-bond acceptors (Lipinski definition) is 2. The van der Waals surface area contributed by atoms with Crippen molar-refractivity contribution in [2.45, 2.75) is 13.8 Å². The van der Waals surface area contributed by atoms with Gasteiger partial charge in [-0.25, -0.2) is 4.98 Å². The number of rotatable bonds is 1. The maximum atomic E-state index is 9.32. The Labute approximate surface area is 111 Å². The molecule has 0 bridgehead atoms. The molecule has 0 saturated heterocycles. The van der Waals surface area contributed by atoms with Crippen molar-refractivity contribution < 1.29 is 0 Å². The summed E-state index contributed by atoms with van der Waals surface area (Å²) in [6, 6.07) is 10.2. The summed E-state index contributed by atoms with van der Waals surface area (Å²) in [5, 5.41) is 9.32. The number of benzene rings is 1. The van der Waals surface area contributed by atoms with Crippen molar-refractivity contribution in [1.29, 1.82) is 5.26 Å². The van der Waals surface area contributed by atoms with Crippen LogP contribution in [0.25, 0.3) is 16.8 Å². The lowest BCUT2D eigenvalue weighted by Gasteiger charge is -2.10. The third kappa shape index (κ3) is 1.78. The Morgan fingerprint density at radius 2 is 2.11 bits per heavy atom. The van der Waals surface area contributed by atoms with E-state index in [0.717, 1.165) is 27.9 Å². The van der Waals surface area contributed by atoms with E-state index in [-0.39, 0.29) is 0 Å². The van der Waals surface area contributed by atoms with Crippen LogP contribution in [-0.4, -0.2) is 9.38 Å². The first kappa shape index (κ1) is 11.5. The Bertz CT molecular complexity index is 806. The van der Waals surface area contributed by atoms with Crippen LogP contribution in [0.15, 0.2) is 42.9 Å². The fourth-order valence-electron chi connectivity index (χ4n) is 2.48. The number of aryl methyl sites for hydroxylation is 2. The molecule has 92 valence electrons. The number of nitriles is 1. The van der Waals surface area contributed by atoms with Crippen molar-refractivity contribution in [3.05, 3.63) is 59.5 Å². The van der Waals surface area contributed by atoms with Crippen molar-refractivity contribution in [3.63, 3.8) is 0 Å².